The van der Waals surface area contributed by atoms with Crippen molar-refractivity contribution in [3.05, 3.63) is 0 Å². The third kappa shape index (κ3) is 11.2. The van der Waals surface area contributed by atoms with Crippen LogP contribution in [0, 0.1) is 11.3 Å². The molecule has 14 heteroatoms. The van der Waals surface area contributed by atoms with Gasteiger partial charge in [-0.05, 0) is 25.2 Å². The van der Waals surface area contributed by atoms with Crippen LogP contribution in [0.5, 0.6) is 0 Å². The molecule has 170 valence electrons. The van der Waals surface area contributed by atoms with Gasteiger partial charge in [0.2, 0.25) is 5.91 Å². The molecule has 1 heterocycles. The van der Waals surface area contributed by atoms with Crippen molar-refractivity contribution >= 4 is 38.1 Å². The molecule has 0 spiro atoms. The second kappa shape index (κ2) is 13.8. The third-order valence-corrected chi connectivity index (χ3v) is 5.54. The summed E-state index contributed by atoms with van der Waals surface area (Å²) in [5.41, 5.74) is -1.15. The average Bonchev–Trinajstić information content (AvgIpc) is 2.56. The largest absolute Gasteiger partial charge is 1.00 e. The van der Waals surface area contributed by atoms with Gasteiger partial charge in [-0.3, -0.25) is 18.0 Å². The van der Waals surface area contributed by atoms with E-state index in [4.69, 9.17) is 0 Å². The molecule has 2 atom stereocenters. The molecule has 0 radical (unpaired) electrons. The zero-order valence-corrected chi connectivity index (χ0v) is 21.9. The summed E-state index contributed by atoms with van der Waals surface area (Å²) in [6.07, 6.45) is 3.84. The minimum Gasteiger partial charge on any atom is -0.846 e. The van der Waals surface area contributed by atoms with Crippen molar-refractivity contribution in [1.29, 1.82) is 0 Å². The van der Waals surface area contributed by atoms with Gasteiger partial charge in [0.1, 0.15) is 5.41 Å². The van der Waals surface area contributed by atoms with Gasteiger partial charge >= 0.3 is 29.6 Å². The summed E-state index contributed by atoms with van der Waals surface area (Å²) in [5, 5.41) is 13.0. The molecule has 1 N–H and O–H groups in total. The van der Waals surface area contributed by atoms with Gasteiger partial charge in [0.05, 0.1) is 31.7 Å². The quantitative estimate of drug-likeness (QED) is 0.144. The van der Waals surface area contributed by atoms with Crippen LogP contribution < -0.4 is 40.0 Å². The van der Waals surface area contributed by atoms with Gasteiger partial charge in [0, 0.05) is 0 Å². The summed E-state index contributed by atoms with van der Waals surface area (Å²) >= 11 is 0. The molecule has 11 nitrogen and oxygen atoms in total. The van der Waals surface area contributed by atoms with Gasteiger partial charge in [-0.2, -0.15) is 16.8 Å². The van der Waals surface area contributed by atoms with Crippen molar-refractivity contribution in [3.8, 4) is 0 Å². The SMILES string of the molecule is CCC(C)C1(CC)C(=O)N=C([O-])NC1=O.CS(=O)(=O)OCCCCOS(C)(=O)=O.[Na+]. The Balaban J connectivity index is 0. The summed E-state index contributed by atoms with van der Waals surface area (Å²) in [6.45, 7) is 5.58. The zero-order valence-electron chi connectivity index (χ0n) is 18.3. The van der Waals surface area contributed by atoms with Gasteiger partial charge in [-0.25, -0.2) is 4.99 Å². The number of carbonyl (C=O) groups is 2. The first-order valence-electron chi connectivity index (χ1n) is 9.00. The van der Waals surface area contributed by atoms with Crippen LogP contribution in [0.4, 0.5) is 0 Å². The molecule has 30 heavy (non-hydrogen) atoms. The van der Waals surface area contributed by atoms with Gasteiger partial charge in [0.25, 0.3) is 26.1 Å². The van der Waals surface area contributed by atoms with Crippen LogP contribution in [-0.2, 0) is 38.2 Å². The number of hydrogen-bond acceptors (Lipinski definition) is 9. The number of aliphatic imine (C=N–C) groups is 1. The molecule has 1 rings (SSSR count). The standard InChI is InChI=1S/C10H16N2O3.C6H14O6S2.Na/c1-4-6(3)10(5-2)7(13)11-9(15)12-8(10)14;1-13(7,8)11-5-3-4-6-12-14(2,9)10;/h6H,4-5H2,1-3H3,(H2,11,12,13,14,15);3-6H2,1-2H3;/q;;+1/p-1. The Morgan fingerprint density at radius 3 is 1.77 bits per heavy atom. The smallest absolute Gasteiger partial charge is 0.846 e. The van der Waals surface area contributed by atoms with Crippen molar-refractivity contribution in [2.24, 2.45) is 16.3 Å². The normalized spacial score (nSPS) is 20.2. The zero-order chi connectivity index (χ0) is 22.9. The maximum atomic E-state index is 11.8. The fourth-order valence-corrected chi connectivity index (χ4v) is 3.43. The van der Waals surface area contributed by atoms with Crippen LogP contribution in [0.15, 0.2) is 4.99 Å². The number of amidine groups is 1. The van der Waals surface area contributed by atoms with Crippen molar-refractivity contribution in [3.63, 3.8) is 0 Å². The molecule has 2 unspecified atom stereocenters. The number of nitrogens with zero attached hydrogens (tertiary/aromatic N) is 1. The fraction of sp³-hybridized carbons (Fsp3) is 0.812. The van der Waals surface area contributed by atoms with E-state index in [9.17, 15) is 31.5 Å². The van der Waals surface area contributed by atoms with Crippen LogP contribution in [-0.4, -0.2) is 60.4 Å². The second-order valence-corrected chi connectivity index (χ2v) is 9.86. The summed E-state index contributed by atoms with van der Waals surface area (Å²) < 4.78 is 50.8. The maximum absolute atomic E-state index is 11.8. The molecular formula is C16H29N2NaO9S2. The molecule has 0 aromatic heterocycles. The summed E-state index contributed by atoms with van der Waals surface area (Å²) in [5.74, 6) is -1.23. The Kier molecular flexibility index (Phi) is 14.5. The van der Waals surface area contributed by atoms with Crippen LogP contribution in [0.1, 0.15) is 46.5 Å². The van der Waals surface area contributed by atoms with E-state index in [1.54, 1.807) is 6.92 Å². The molecule has 0 fully saturated rings. The Bertz CT molecular complexity index is 777. The van der Waals surface area contributed by atoms with E-state index in [2.05, 4.69) is 18.7 Å². The first-order chi connectivity index (χ1) is 13.2. The molecule has 1 aliphatic heterocycles. The molecular weight excluding hydrogens is 451 g/mol. The number of nitrogens with one attached hydrogen (secondary N) is 1. The minimum atomic E-state index is -3.40. The molecule has 0 aromatic rings. The predicted molar refractivity (Wildman–Crippen MR) is 104 cm³/mol. The van der Waals surface area contributed by atoms with Crippen LogP contribution in [0.2, 0.25) is 0 Å². The molecule has 0 saturated carbocycles. The topological polar surface area (TPSA) is 168 Å². The number of hydrogen-bond donors (Lipinski definition) is 1. The van der Waals surface area contributed by atoms with Crippen LogP contribution in [0.25, 0.3) is 0 Å². The summed E-state index contributed by atoms with van der Waals surface area (Å²) in [7, 11) is -6.80. The van der Waals surface area contributed by atoms with Crippen molar-refractivity contribution in [2.45, 2.75) is 46.5 Å². The van der Waals surface area contributed by atoms with E-state index in [-0.39, 0.29) is 48.7 Å². The Morgan fingerprint density at radius 2 is 1.47 bits per heavy atom. The average molecular weight is 481 g/mol. The number of unbranched alkanes of at least 4 members (excludes halogenated alkanes) is 1. The van der Waals surface area contributed by atoms with Crippen LogP contribution in [0.3, 0.4) is 0 Å². The summed E-state index contributed by atoms with van der Waals surface area (Å²) in [6, 6.07) is -0.850. The predicted octanol–water partition coefficient (Wildman–Crippen LogP) is -3.48. The second-order valence-electron chi connectivity index (χ2n) is 6.57. The van der Waals surface area contributed by atoms with Gasteiger partial charge in [-0.1, -0.05) is 27.2 Å². The minimum absolute atomic E-state index is 0. The van der Waals surface area contributed by atoms with E-state index in [0.29, 0.717) is 25.7 Å². The number of carbonyl (C=O) groups excluding carboxylic acids is 2. The van der Waals surface area contributed by atoms with Gasteiger partial charge in [-0.15, -0.1) is 0 Å². The van der Waals surface area contributed by atoms with E-state index < -0.39 is 43.5 Å². The van der Waals surface area contributed by atoms with E-state index >= 15 is 0 Å². The van der Waals surface area contributed by atoms with Crippen molar-refractivity contribution in [1.82, 2.24) is 5.32 Å². The first kappa shape index (κ1) is 31.6. The number of rotatable bonds is 10. The van der Waals surface area contributed by atoms with E-state index in [1.807, 2.05) is 13.8 Å². The molecule has 0 aromatic carbocycles. The van der Waals surface area contributed by atoms with Gasteiger partial charge in [0.15, 0.2) is 0 Å². The van der Waals surface area contributed by atoms with Crippen LogP contribution >= 0.6 is 0 Å². The Labute approximate surface area is 200 Å². The van der Waals surface area contributed by atoms with E-state index in [0.717, 1.165) is 12.5 Å². The summed E-state index contributed by atoms with van der Waals surface area (Å²) in [4.78, 5) is 26.8. The number of amides is 2. The fourth-order valence-electron chi connectivity index (χ4n) is 2.59. The molecule has 0 aliphatic carbocycles. The monoisotopic (exact) mass is 480 g/mol. The van der Waals surface area contributed by atoms with Gasteiger partial charge < -0.3 is 10.4 Å². The van der Waals surface area contributed by atoms with Crippen molar-refractivity contribution in [2.75, 3.05) is 25.7 Å². The molecule has 2 amide bonds. The first-order valence-corrected chi connectivity index (χ1v) is 12.6. The molecule has 0 saturated heterocycles. The Morgan fingerprint density at radius 1 is 1.03 bits per heavy atom. The molecule has 0 bridgehead atoms. The third-order valence-electron chi connectivity index (χ3n) is 4.36. The maximum Gasteiger partial charge on any atom is 1.00 e. The Hall–Kier alpha value is -0.570. The molecule has 1 aliphatic rings. The van der Waals surface area contributed by atoms with Crippen molar-refractivity contribution < 1.29 is 69.5 Å². The van der Waals surface area contributed by atoms with E-state index in [1.165, 1.54) is 0 Å².